The van der Waals surface area contributed by atoms with Crippen LogP contribution in [-0.2, 0) is 9.84 Å². The SMILES string of the molecule is CCCC1CCC(CS(=O)(=O)c2nncn2-c2ccccc2)CC1. The number of sulfone groups is 1. The largest absolute Gasteiger partial charge is 0.273 e. The van der Waals surface area contributed by atoms with Crippen LogP contribution in [0, 0.1) is 11.8 Å². The summed E-state index contributed by atoms with van der Waals surface area (Å²) in [4.78, 5) is 0. The first-order chi connectivity index (χ1) is 11.6. The average molecular weight is 347 g/mol. The Morgan fingerprint density at radius 2 is 1.75 bits per heavy atom. The van der Waals surface area contributed by atoms with E-state index in [0.717, 1.165) is 37.3 Å². The molecule has 0 unspecified atom stereocenters. The van der Waals surface area contributed by atoms with Crippen LogP contribution in [0.4, 0.5) is 0 Å². The molecule has 1 aliphatic rings. The lowest BCUT2D eigenvalue weighted by Gasteiger charge is -2.27. The zero-order valence-corrected chi connectivity index (χ0v) is 15.0. The zero-order chi connectivity index (χ0) is 17.0. The molecule has 0 atom stereocenters. The second kappa shape index (κ2) is 7.47. The molecule has 6 heteroatoms. The van der Waals surface area contributed by atoms with Gasteiger partial charge in [-0.05, 0) is 36.8 Å². The van der Waals surface area contributed by atoms with E-state index < -0.39 is 9.84 Å². The predicted molar refractivity (Wildman–Crippen MR) is 93.8 cm³/mol. The summed E-state index contributed by atoms with van der Waals surface area (Å²) < 4.78 is 27.2. The van der Waals surface area contributed by atoms with Gasteiger partial charge in [-0.2, -0.15) is 0 Å². The van der Waals surface area contributed by atoms with Crippen molar-refractivity contribution < 1.29 is 8.42 Å². The second-order valence-electron chi connectivity index (χ2n) is 6.78. The topological polar surface area (TPSA) is 64.8 Å². The number of aromatic nitrogens is 3. The highest BCUT2D eigenvalue weighted by Gasteiger charge is 2.29. The number of benzene rings is 1. The second-order valence-corrected chi connectivity index (χ2v) is 8.70. The van der Waals surface area contributed by atoms with Gasteiger partial charge < -0.3 is 0 Å². The summed E-state index contributed by atoms with van der Waals surface area (Å²) in [5, 5.41) is 7.79. The molecule has 5 nitrogen and oxygen atoms in total. The maximum absolute atomic E-state index is 12.8. The van der Waals surface area contributed by atoms with Gasteiger partial charge in [-0.15, -0.1) is 10.2 Å². The first-order valence-electron chi connectivity index (χ1n) is 8.78. The highest BCUT2D eigenvalue weighted by molar-refractivity contribution is 7.91. The summed E-state index contributed by atoms with van der Waals surface area (Å²) in [5.41, 5.74) is 0.771. The first kappa shape index (κ1) is 17.1. The van der Waals surface area contributed by atoms with E-state index in [1.165, 1.54) is 19.2 Å². The molecule has 3 rings (SSSR count). The Labute approximate surface area is 144 Å². The van der Waals surface area contributed by atoms with Crippen LogP contribution in [0.2, 0.25) is 0 Å². The molecule has 0 saturated heterocycles. The lowest BCUT2D eigenvalue weighted by atomic mass is 9.81. The molecule has 1 saturated carbocycles. The third-order valence-corrected chi connectivity index (χ3v) is 6.69. The number of hydrogen-bond acceptors (Lipinski definition) is 4. The van der Waals surface area contributed by atoms with Crippen molar-refractivity contribution in [1.29, 1.82) is 0 Å². The molecule has 1 aromatic carbocycles. The molecule has 130 valence electrons. The quantitative estimate of drug-likeness (QED) is 0.800. The van der Waals surface area contributed by atoms with Gasteiger partial charge in [-0.1, -0.05) is 50.8 Å². The van der Waals surface area contributed by atoms with Crippen LogP contribution in [0.25, 0.3) is 5.69 Å². The van der Waals surface area contributed by atoms with E-state index in [4.69, 9.17) is 0 Å². The Kier molecular flexibility index (Phi) is 5.33. The minimum atomic E-state index is -3.44. The Morgan fingerprint density at radius 1 is 1.08 bits per heavy atom. The molecule has 0 bridgehead atoms. The zero-order valence-electron chi connectivity index (χ0n) is 14.1. The standard InChI is InChI=1S/C18H25N3O2S/c1-2-6-15-9-11-16(12-10-15)13-24(22,23)18-20-19-14-21(18)17-7-4-3-5-8-17/h3-5,7-8,14-16H,2,6,9-13H2,1H3. The maximum atomic E-state index is 12.8. The summed E-state index contributed by atoms with van der Waals surface area (Å²) in [6.07, 6.45) is 8.27. The molecule has 0 radical (unpaired) electrons. The molecule has 0 aliphatic heterocycles. The van der Waals surface area contributed by atoms with Gasteiger partial charge in [-0.3, -0.25) is 4.57 Å². The average Bonchev–Trinajstić information content (AvgIpc) is 3.08. The van der Waals surface area contributed by atoms with Crippen molar-refractivity contribution in [2.75, 3.05) is 5.75 Å². The molecule has 0 spiro atoms. The highest BCUT2D eigenvalue weighted by Crippen LogP contribution is 2.33. The van der Waals surface area contributed by atoms with Crippen LogP contribution in [-0.4, -0.2) is 28.9 Å². The van der Waals surface area contributed by atoms with Gasteiger partial charge in [0.05, 0.1) is 5.75 Å². The summed E-state index contributed by atoms with van der Waals surface area (Å²) in [6, 6.07) is 9.37. The van der Waals surface area contributed by atoms with E-state index in [1.54, 1.807) is 4.57 Å². The Hall–Kier alpha value is -1.69. The van der Waals surface area contributed by atoms with Crippen LogP contribution in [0.1, 0.15) is 45.4 Å². The number of rotatable bonds is 6. The third-order valence-electron chi connectivity index (χ3n) is 4.95. The van der Waals surface area contributed by atoms with Gasteiger partial charge in [0.1, 0.15) is 6.33 Å². The van der Waals surface area contributed by atoms with E-state index in [2.05, 4.69) is 17.1 Å². The van der Waals surface area contributed by atoms with E-state index in [-0.39, 0.29) is 16.8 Å². The summed E-state index contributed by atoms with van der Waals surface area (Å²) in [7, 11) is -3.44. The van der Waals surface area contributed by atoms with Gasteiger partial charge in [-0.25, -0.2) is 8.42 Å². The predicted octanol–water partition coefficient (Wildman–Crippen LogP) is 3.65. The van der Waals surface area contributed by atoms with E-state index in [1.807, 2.05) is 30.3 Å². The maximum Gasteiger partial charge on any atom is 0.254 e. The smallest absolute Gasteiger partial charge is 0.254 e. The van der Waals surface area contributed by atoms with Gasteiger partial charge in [0, 0.05) is 5.69 Å². The van der Waals surface area contributed by atoms with Crippen LogP contribution in [0.3, 0.4) is 0 Å². The van der Waals surface area contributed by atoms with Crippen molar-refractivity contribution >= 4 is 9.84 Å². The molecular formula is C18H25N3O2S. The lowest BCUT2D eigenvalue weighted by molar-refractivity contribution is 0.277. The fourth-order valence-electron chi connectivity index (χ4n) is 3.68. The molecule has 24 heavy (non-hydrogen) atoms. The molecule has 1 aromatic heterocycles. The summed E-state index contributed by atoms with van der Waals surface area (Å²) in [6.45, 7) is 2.22. The normalized spacial score (nSPS) is 21.7. The minimum Gasteiger partial charge on any atom is -0.273 e. The van der Waals surface area contributed by atoms with Crippen molar-refractivity contribution in [3.63, 3.8) is 0 Å². The Bertz CT molecular complexity index is 748. The van der Waals surface area contributed by atoms with E-state index >= 15 is 0 Å². The molecule has 0 N–H and O–H groups in total. The Balaban J connectivity index is 1.72. The molecule has 0 amide bonds. The number of para-hydroxylation sites is 1. The number of nitrogens with zero attached hydrogens (tertiary/aromatic N) is 3. The first-order valence-corrected chi connectivity index (χ1v) is 10.4. The van der Waals surface area contributed by atoms with Crippen molar-refractivity contribution in [3.05, 3.63) is 36.7 Å². The molecule has 1 fully saturated rings. The van der Waals surface area contributed by atoms with E-state index in [0.29, 0.717) is 0 Å². The van der Waals surface area contributed by atoms with Gasteiger partial charge in [0.2, 0.25) is 9.84 Å². The fraction of sp³-hybridized carbons (Fsp3) is 0.556. The third kappa shape index (κ3) is 3.86. The van der Waals surface area contributed by atoms with Crippen LogP contribution in [0.15, 0.2) is 41.8 Å². The fourth-order valence-corrected chi connectivity index (χ4v) is 5.41. The molecule has 2 aromatic rings. The Morgan fingerprint density at radius 3 is 2.42 bits per heavy atom. The molecule has 1 aliphatic carbocycles. The summed E-state index contributed by atoms with van der Waals surface area (Å²) in [5.74, 6) is 1.20. The monoisotopic (exact) mass is 347 g/mol. The lowest BCUT2D eigenvalue weighted by Crippen LogP contribution is -2.24. The van der Waals surface area contributed by atoms with Gasteiger partial charge in [0.25, 0.3) is 5.16 Å². The summed E-state index contributed by atoms with van der Waals surface area (Å²) >= 11 is 0. The van der Waals surface area contributed by atoms with Gasteiger partial charge in [0.15, 0.2) is 0 Å². The highest BCUT2D eigenvalue weighted by atomic mass is 32.2. The molecular weight excluding hydrogens is 322 g/mol. The molecule has 1 heterocycles. The minimum absolute atomic E-state index is 0.0596. The van der Waals surface area contributed by atoms with Crippen molar-refractivity contribution in [1.82, 2.24) is 14.8 Å². The van der Waals surface area contributed by atoms with Crippen molar-refractivity contribution in [3.8, 4) is 5.69 Å². The van der Waals surface area contributed by atoms with Crippen molar-refractivity contribution in [2.45, 2.75) is 50.6 Å². The number of hydrogen-bond donors (Lipinski definition) is 0. The van der Waals surface area contributed by atoms with E-state index in [9.17, 15) is 8.42 Å². The van der Waals surface area contributed by atoms with Crippen LogP contribution >= 0.6 is 0 Å². The van der Waals surface area contributed by atoms with Crippen molar-refractivity contribution in [2.24, 2.45) is 11.8 Å². The van der Waals surface area contributed by atoms with Gasteiger partial charge >= 0.3 is 0 Å². The van der Waals surface area contributed by atoms with Crippen LogP contribution in [0.5, 0.6) is 0 Å². The van der Waals surface area contributed by atoms with Crippen LogP contribution < -0.4 is 0 Å².